The van der Waals surface area contributed by atoms with E-state index in [9.17, 15) is 4.79 Å². The zero-order chi connectivity index (χ0) is 20.3. The third-order valence-electron chi connectivity index (χ3n) is 4.66. The van der Waals surface area contributed by atoms with Crippen molar-refractivity contribution < 1.29 is 9.53 Å². The van der Waals surface area contributed by atoms with Crippen molar-refractivity contribution in [3.63, 3.8) is 0 Å². The molecule has 0 bridgehead atoms. The molecule has 28 heavy (non-hydrogen) atoms. The Kier molecular flexibility index (Phi) is 5.86. The minimum Gasteiger partial charge on any atom is -0.446 e. The minimum atomic E-state index is -0.339. The van der Waals surface area contributed by atoms with Crippen LogP contribution >= 0.6 is 0 Å². The maximum absolute atomic E-state index is 11.9. The van der Waals surface area contributed by atoms with Crippen LogP contribution in [0.4, 0.5) is 16.6 Å². The van der Waals surface area contributed by atoms with Crippen molar-refractivity contribution in [1.29, 1.82) is 0 Å². The van der Waals surface area contributed by atoms with Gasteiger partial charge in [0.05, 0.1) is 5.54 Å². The molecule has 8 nitrogen and oxygen atoms in total. The van der Waals surface area contributed by atoms with Gasteiger partial charge in [-0.05, 0) is 59.9 Å². The van der Waals surface area contributed by atoms with E-state index in [0.717, 1.165) is 30.8 Å². The van der Waals surface area contributed by atoms with Crippen molar-refractivity contribution in [2.24, 2.45) is 0 Å². The van der Waals surface area contributed by atoms with Gasteiger partial charge >= 0.3 is 6.09 Å². The fourth-order valence-electron chi connectivity index (χ4n) is 3.50. The molecule has 1 aliphatic rings. The van der Waals surface area contributed by atoms with E-state index in [1.54, 1.807) is 18.5 Å². The zero-order valence-corrected chi connectivity index (χ0v) is 17.3. The Balaban J connectivity index is 1.74. The Morgan fingerprint density at radius 2 is 1.96 bits per heavy atom. The van der Waals surface area contributed by atoms with E-state index < -0.39 is 0 Å². The fraction of sp³-hybridized carbons (Fsp3) is 0.600. The summed E-state index contributed by atoms with van der Waals surface area (Å²) in [6.45, 7) is 10.2. The molecule has 152 valence electrons. The van der Waals surface area contributed by atoms with Crippen LogP contribution < -0.4 is 10.6 Å². The second-order valence-electron chi connectivity index (χ2n) is 8.57. The standard InChI is InChI=1S/C20H30N6O2/c1-13(2)23-19(27)28-15-8-7-14(11-15)16-12-17(25-26(16)20(3,4)5)24-18-21-9-6-10-22-18/h6,9-10,12-15H,7-8,11H2,1-5H3,(H,23,27)(H,21,22,24,25). The summed E-state index contributed by atoms with van der Waals surface area (Å²) in [6, 6.07) is 3.90. The number of hydrogen-bond acceptors (Lipinski definition) is 6. The van der Waals surface area contributed by atoms with Crippen LogP contribution in [0.3, 0.4) is 0 Å². The first kappa shape index (κ1) is 20.1. The third-order valence-corrected chi connectivity index (χ3v) is 4.66. The van der Waals surface area contributed by atoms with E-state index in [2.05, 4.69) is 52.1 Å². The Morgan fingerprint density at radius 3 is 2.61 bits per heavy atom. The highest BCUT2D eigenvalue weighted by Gasteiger charge is 2.33. The largest absolute Gasteiger partial charge is 0.446 e. The molecule has 1 amide bonds. The maximum Gasteiger partial charge on any atom is 0.407 e. The number of nitrogens with zero attached hydrogens (tertiary/aromatic N) is 4. The van der Waals surface area contributed by atoms with Crippen LogP contribution in [-0.2, 0) is 10.3 Å². The molecule has 8 heteroatoms. The number of ether oxygens (including phenoxy) is 1. The molecule has 0 spiro atoms. The van der Waals surface area contributed by atoms with Gasteiger partial charge < -0.3 is 15.4 Å². The first-order chi connectivity index (χ1) is 13.2. The van der Waals surface area contributed by atoms with E-state index in [4.69, 9.17) is 9.84 Å². The highest BCUT2D eigenvalue weighted by molar-refractivity contribution is 5.67. The number of amides is 1. The second kappa shape index (κ2) is 8.16. The van der Waals surface area contributed by atoms with Gasteiger partial charge in [-0.3, -0.25) is 4.68 Å². The van der Waals surface area contributed by atoms with Gasteiger partial charge in [-0.2, -0.15) is 5.10 Å². The number of nitrogens with one attached hydrogen (secondary N) is 2. The van der Waals surface area contributed by atoms with E-state index >= 15 is 0 Å². The lowest BCUT2D eigenvalue weighted by Gasteiger charge is -2.24. The number of rotatable bonds is 5. The topological polar surface area (TPSA) is 94.0 Å². The van der Waals surface area contributed by atoms with Crippen molar-refractivity contribution in [2.75, 3.05) is 5.32 Å². The lowest BCUT2D eigenvalue weighted by atomic mass is 10.0. The molecule has 0 radical (unpaired) electrons. The number of aromatic nitrogens is 4. The summed E-state index contributed by atoms with van der Waals surface area (Å²) in [6.07, 6.45) is 5.60. The summed E-state index contributed by atoms with van der Waals surface area (Å²) in [5.74, 6) is 1.53. The van der Waals surface area contributed by atoms with Gasteiger partial charge in [0, 0.05) is 36.1 Å². The van der Waals surface area contributed by atoms with E-state index in [1.807, 2.05) is 13.8 Å². The smallest absolute Gasteiger partial charge is 0.407 e. The van der Waals surface area contributed by atoms with Crippen LogP contribution in [0.2, 0.25) is 0 Å². The first-order valence-corrected chi connectivity index (χ1v) is 9.84. The number of carbonyl (C=O) groups excluding carboxylic acids is 1. The van der Waals surface area contributed by atoms with Gasteiger partial charge in [0.2, 0.25) is 5.95 Å². The number of anilines is 2. The normalized spacial score (nSPS) is 19.6. The molecule has 1 saturated carbocycles. The Hall–Kier alpha value is -2.64. The minimum absolute atomic E-state index is 0.0686. The number of alkyl carbamates (subject to hydrolysis) is 1. The van der Waals surface area contributed by atoms with Gasteiger partial charge in [-0.25, -0.2) is 14.8 Å². The van der Waals surface area contributed by atoms with Crippen LogP contribution in [0.1, 0.15) is 65.5 Å². The maximum atomic E-state index is 11.9. The molecule has 0 aliphatic heterocycles. The van der Waals surface area contributed by atoms with Gasteiger partial charge in [-0.15, -0.1) is 0 Å². The fourth-order valence-corrected chi connectivity index (χ4v) is 3.50. The molecule has 2 N–H and O–H groups in total. The van der Waals surface area contributed by atoms with Crippen LogP contribution in [-0.4, -0.2) is 38.0 Å². The lowest BCUT2D eigenvalue weighted by molar-refractivity contribution is 0.0979. The molecular weight excluding hydrogens is 356 g/mol. The van der Waals surface area contributed by atoms with Gasteiger partial charge in [0.25, 0.3) is 0 Å². The Bertz CT molecular complexity index is 797. The predicted molar refractivity (Wildman–Crippen MR) is 108 cm³/mol. The highest BCUT2D eigenvalue weighted by Crippen LogP contribution is 2.38. The molecule has 2 aromatic heterocycles. The quantitative estimate of drug-likeness (QED) is 0.808. The number of carbonyl (C=O) groups is 1. The van der Waals surface area contributed by atoms with Crippen LogP contribution in [0.5, 0.6) is 0 Å². The molecule has 1 fully saturated rings. The van der Waals surface area contributed by atoms with E-state index in [0.29, 0.717) is 5.95 Å². The van der Waals surface area contributed by atoms with Gasteiger partial charge in [-0.1, -0.05) is 0 Å². The summed E-state index contributed by atoms with van der Waals surface area (Å²) < 4.78 is 7.64. The average molecular weight is 387 g/mol. The lowest BCUT2D eigenvalue weighted by Crippen LogP contribution is -2.33. The van der Waals surface area contributed by atoms with Gasteiger partial charge in [0.1, 0.15) is 6.10 Å². The molecule has 3 rings (SSSR count). The molecule has 0 saturated heterocycles. The summed E-state index contributed by atoms with van der Waals surface area (Å²) in [4.78, 5) is 20.3. The van der Waals surface area contributed by atoms with Crippen LogP contribution in [0.15, 0.2) is 24.5 Å². The van der Waals surface area contributed by atoms with Crippen LogP contribution in [0, 0.1) is 0 Å². The SMILES string of the molecule is CC(C)NC(=O)OC1CCC(c2cc(Nc3ncccn3)nn2C(C)(C)C)C1. The van der Waals surface area contributed by atoms with Gasteiger partial charge in [0.15, 0.2) is 5.82 Å². The van der Waals surface area contributed by atoms with Crippen molar-refractivity contribution in [2.45, 2.75) is 77.5 Å². The van der Waals surface area contributed by atoms with E-state index in [1.165, 1.54) is 0 Å². The number of hydrogen-bond donors (Lipinski definition) is 2. The summed E-state index contributed by atoms with van der Waals surface area (Å²) in [5, 5.41) is 10.7. The molecule has 2 unspecified atom stereocenters. The van der Waals surface area contributed by atoms with Crippen molar-refractivity contribution in [3.8, 4) is 0 Å². The van der Waals surface area contributed by atoms with E-state index in [-0.39, 0.29) is 29.7 Å². The van der Waals surface area contributed by atoms with Crippen molar-refractivity contribution in [3.05, 3.63) is 30.2 Å². The second-order valence-corrected chi connectivity index (χ2v) is 8.57. The zero-order valence-electron chi connectivity index (χ0n) is 17.3. The Labute approximate surface area is 166 Å². The van der Waals surface area contributed by atoms with Crippen molar-refractivity contribution >= 4 is 17.9 Å². The highest BCUT2D eigenvalue weighted by atomic mass is 16.6. The van der Waals surface area contributed by atoms with Crippen molar-refractivity contribution in [1.82, 2.24) is 25.1 Å². The average Bonchev–Trinajstić information content (AvgIpc) is 3.21. The molecule has 0 aromatic carbocycles. The molecule has 2 aromatic rings. The molecular formula is C20H30N6O2. The summed E-state index contributed by atoms with van der Waals surface area (Å²) in [5.41, 5.74) is 0.974. The summed E-state index contributed by atoms with van der Waals surface area (Å²) in [7, 11) is 0. The molecule has 2 atom stereocenters. The third kappa shape index (κ3) is 4.99. The Morgan fingerprint density at radius 1 is 1.25 bits per heavy atom. The van der Waals surface area contributed by atoms with Crippen LogP contribution in [0.25, 0.3) is 0 Å². The predicted octanol–water partition coefficient (Wildman–Crippen LogP) is 3.94. The molecule has 1 aliphatic carbocycles. The first-order valence-electron chi connectivity index (χ1n) is 9.84. The monoisotopic (exact) mass is 386 g/mol. The molecule has 2 heterocycles. The summed E-state index contributed by atoms with van der Waals surface area (Å²) >= 11 is 0.